The Labute approximate surface area is 125 Å². The van der Waals surface area contributed by atoms with Gasteiger partial charge in [0.15, 0.2) is 0 Å². The molecule has 0 bridgehead atoms. The average Bonchev–Trinajstić information content (AvgIpc) is 2.91. The van der Waals surface area contributed by atoms with E-state index < -0.39 is 0 Å². The first-order chi connectivity index (χ1) is 10.2. The van der Waals surface area contributed by atoms with E-state index in [0.29, 0.717) is 18.9 Å². The molecule has 2 N–H and O–H groups in total. The second kappa shape index (κ2) is 6.27. The summed E-state index contributed by atoms with van der Waals surface area (Å²) >= 11 is 0. The van der Waals surface area contributed by atoms with Crippen molar-refractivity contribution in [2.24, 2.45) is 5.92 Å². The Hall–Kier alpha value is -1.87. The molecule has 1 saturated carbocycles. The minimum atomic E-state index is -0.176. The molecule has 1 fully saturated rings. The SMILES string of the molecule is O=C(Cc1cccc2ccccc12)NC[C@@H]1CC[C@H](O)C1. The molecule has 2 aromatic carbocycles. The highest BCUT2D eigenvalue weighted by Gasteiger charge is 2.22. The minimum Gasteiger partial charge on any atom is -0.393 e. The second-order valence-corrected chi connectivity index (χ2v) is 5.95. The van der Waals surface area contributed by atoms with Gasteiger partial charge in [0, 0.05) is 6.54 Å². The fourth-order valence-electron chi connectivity index (χ4n) is 3.17. The molecule has 1 aliphatic rings. The summed E-state index contributed by atoms with van der Waals surface area (Å²) in [7, 11) is 0. The van der Waals surface area contributed by atoms with Crippen molar-refractivity contribution in [3.05, 3.63) is 48.0 Å². The van der Waals surface area contributed by atoms with E-state index in [2.05, 4.69) is 23.5 Å². The molecular weight excluding hydrogens is 262 g/mol. The molecule has 0 heterocycles. The van der Waals surface area contributed by atoms with E-state index in [4.69, 9.17) is 0 Å². The molecule has 21 heavy (non-hydrogen) atoms. The first kappa shape index (κ1) is 14.1. The molecule has 0 radical (unpaired) electrons. The third-order valence-corrected chi connectivity index (χ3v) is 4.33. The van der Waals surface area contributed by atoms with Gasteiger partial charge in [-0.2, -0.15) is 0 Å². The molecule has 3 nitrogen and oxygen atoms in total. The number of aliphatic hydroxyl groups excluding tert-OH is 1. The van der Waals surface area contributed by atoms with Crippen LogP contribution in [0, 0.1) is 5.92 Å². The number of aliphatic hydroxyl groups is 1. The molecule has 0 aliphatic heterocycles. The first-order valence-electron chi connectivity index (χ1n) is 7.64. The number of benzene rings is 2. The predicted molar refractivity (Wildman–Crippen MR) is 84.0 cm³/mol. The summed E-state index contributed by atoms with van der Waals surface area (Å²) in [5.74, 6) is 0.490. The Bertz CT molecular complexity index is 633. The van der Waals surface area contributed by atoms with Crippen molar-refractivity contribution in [3.8, 4) is 0 Å². The van der Waals surface area contributed by atoms with Crippen molar-refractivity contribution in [2.45, 2.75) is 31.8 Å². The summed E-state index contributed by atoms with van der Waals surface area (Å²) in [5.41, 5.74) is 1.07. The number of hydrogen-bond donors (Lipinski definition) is 2. The number of carbonyl (C=O) groups is 1. The molecule has 110 valence electrons. The zero-order chi connectivity index (χ0) is 14.7. The zero-order valence-corrected chi connectivity index (χ0v) is 12.1. The van der Waals surface area contributed by atoms with Crippen molar-refractivity contribution < 1.29 is 9.90 Å². The van der Waals surface area contributed by atoms with Crippen molar-refractivity contribution in [3.63, 3.8) is 0 Å². The maximum absolute atomic E-state index is 12.1. The summed E-state index contributed by atoms with van der Waals surface area (Å²) in [5, 5.41) is 14.8. The van der Waals surface area contributed by atoms with E-state index in [1.807, 2.05) is 24.3 Å². The number of carbonyl (C=O) groups excluding carboxylic acids is 1. The van der Waals surface area contributed by atoms with Crippen LogP contribution in [0.5, 0.6) is 0 Å². The Morgan fingerprint density at radius 1 is 1.14 bits per heavy atom. The van der Waals surface area contributed by atoms with Gasteiger partial charge in [0.1, 0.15) is 0 Å². The van der Waals surface area contributed by atoms with Crippen LogP contribution in [-0.4, -0.2) is 23.7 Å². The minimum absolute atomic E-state index is 0.0627. The molecule has 0 aromatic heterocycles. The quantitative estimate of drug-likeness (QED) is 0.906. The summed E-state index contributed by atoms with van der Waals surface area (Å²) in [6, 6.07) is 14.2. The highest BCUT2D eigenvalue weighted by atomic mass is 16.3. The zero-order valence-electron chi connectivity index (χ0n) is 12.1. The largest absolute Gasteiger partial charge is 0.393 e. The summed E-state index contributed by atoms with van der Waals surface area (Å²) in [4.78, 5) is 12.1. The van der Waals surface area contributed by atoms with Crippen LogP contribution in [-0.2, 0) is 11.2 Å². The van der Waals surface area contributed by atoms with Crippen LogP contribution < -0.4 is 5.32 Å². The monoisotopic (exact) mass is 283 g/mol. The Kier molecular flexibility index (Phi) is 4.20. The summed E-state index contributed by atoms with van der Waals surface area (Å²) in [6.45, 7) is 0.681. The van der Waals surface area contributed by atoms with Crippen LogP contribution in [0.2, 0.25) is 0 Å². The van der Waals surface area contributed by atoms with Crippen LogP contribution in [0.1, 0.15) is 24.8 Å². The van der Waals surface area contributed by atoms with Crippen LogP contribution in [0.15, 0.2) is 42.5 Å². The van der Waals surface area contributed by atoms with Gasteiger partial charge in [0.25, 0.3) is 0 Å². The topological polar surface area (TPSA) is 49.3 Å². The fourth-order valence-corrected chi connectivity index (χ4v) is 3.17. The maximum atomic E-state index is 12.1. The van der Waals surface area contributed by atoms with Crippen molar-refractivity contribution in [1.82, 2.24) is 5.32 Å². The lowest BCUT2D eigenvalue weighted by molar-refractivity contribution is -0.120. The molecule has 3 rings (SSSR count). The van der Waals surface area contributed by atoms with Gasteiger partial charge in [-0.15, -0.1) is 0 Å². The highest BCUT2D eigenvalue weighted by molar-refractivity contribution is 5.90. The Morgan fingerprint density at radius 2 is 1.95 bits per heavy atom. The van der Waals surface area contributed by atoms with E-state index >= 15 is 0 Å². The van der Waals surface area contributed by atoms with Gasteiger partial charge in [0.2, 0.25) is 5.91 Å². The normalized spacial score (nSPS) is 21.6. The van der Waals surface area contributed by atoms with Crippen molar-refractivity contribution >= 4 is 16.7 Å². The van der Waals surface area contributed by atoms with Crippen LogP contribution in [0.3, 0.4) is 0 Å². The van der Waals surface area contributed by atoms with Gasteiger partial charge < -0.3 is 10.4 Å². The number of fused-ring (bicyclic) bond motifs is 1. The Morgan fingerprint density at radius 3 is 2.76 bits per heavy atom. The van der Waals surface area contributed by atoms with Gasteiger partial charge in [-0.3, -0.25) is 4.79 Å². The van der Waals surface area contributed by atoms with Crippen molar-refractivity contribution in [2.75, 3.05) is 6.54 Å². The predicted octanol–water partition coefficient (Wildman–Crippen LogP) is 2.66. The van der Waals surface area contributed by atoms with E-state index in [1.165, 1.54) is 5.39 Å². The third-order valence-electron chi connectivity index (χ3n) is 4.33. The standard InChI is InChI=1S/C18H21NO2/c20-16-9-8-13(10-16)12-19-18(21)11-15-6-3-5-14-4-1-2-7-17(14)15/h1-7,13,16,20H,8-12H2,(H,19,21)/t13-,16+/m1/s1. The highest BCUT2D eigenvalue weighted by Crippen LogP contribution is 2.24. The molecule has 0 spiro atoms. The molecule has 3 heteroatoms. The number of hydrogen-bond acceptors (Lipinski definition) is 2. The van der Waals surface area contributed by atoms with Gasteiger partial charge in [0.05, 0.1) is 12.5 Å². The van der Waals surface area contributed by atoms with Gasteiger partial charge >= 0.3 is 0 Å². The molecule has 2 atom stereocenters. The van der Waals surface area contributed by atoms with E-state index in [0.717, 1.165) is 30.2 Å². The molecule has 2 aromatic rings. The third kappa shape index (κ3) is 3.42. The van der Waals surface area contributed by atoms with E-state index in [1.54, 1.807) is 0 Å². The lowest BCUT2D eigenvalue weighted by atomic mass is 10.0. The molecule has 0 saturated heterocycles. The van der Waals surface area contributed by atoms with Gasteiger partial charge in [-0.05, 0) is 41.5 Å². The van der Waals surface area contributed by atoms with Gasteiger partial charge in [-0.25, -0.2) is 0 Å². The first-order valence-corrected chi connectivity index (χ1v) is 7.64. The Balaban J connectivity index is 1.61. The summed E-state index contributed by atoms with van der Waals surface area (Å²) < 4.78 is 0. The van der Waals surface area contributed by atoms with Crippen LogP contribution in [0.25, 0.3) is 10.8 Å². The lowest BCUT2D eigenvalue weighted by Gasteiger charge is -2.11. The maximum Gasteiger partial charge on any atom is 0.224 e. The van der Waals surface area contributed by atoms with E-state index in [-0.39, 0.29) is 12.0 Å². The number of rotatable bonds is 4. The van der Waals surface area contributed by atoms with Crippen LogP contribution >= 0.6 is 0 Å². The second-order valence-electron chi connectivity index (χ2n) is 5.95. The fraction of sp³-hybridized carbons (Fsp3) is 0.389. The lowest BCUT2D eigenvalue weighted by Crippen LogP contribution is -2.30. The smallest absolute Gasteiger partial charge is 0.224 e. The molecular formula is C18H21NO2. The molecule has 1 amide bonds. The molecule has 1 aliphatic carbocycles. The summed E-state index contributed by atoms with van der Waals surface area (Å²) in [6.07, 6.45) is 2.93. The van der Waals surface area contributed by atoms with Crippen LogP contribution in [0.4, 0.5) is 0 Å². The van der Waals surface area contributed by atoms with E-state index in [9.17, 15) is 9.90 Å². The average molecular weight is 283 g/mol. The number of nitrogens with one attached hydrogen (secondary N) is 1. The number of amides is 1. The van der Waals surface area contributed by atoms with Crippen molar-refractivity contribution in [1.29, 1.82) is 0 Å². The van der Waals surface area contributed by atoms with Gasteiger partial charge in [-0.1, -0.05) is 42.5 Å². The molecule has 0 unspecified atom stereocenters.